The summed E-state index contributed by atoms with van der Waals surface area (Å²) in [6.45, 7) is 6.89. The normalized spacial score (nSPS) is 12.8. The van der Waals surface area contributed by atoms with E-state index in [1.165, 1.54) is 7.11 Å². The van der Waals surface area contributed by atoms with Crippen molar-refractivity contribution in [2.45, 2.75) is 38.8 Å². The molecule has 0 spiro atoms. The van der Waals surface area contributed by atoms with Crippen molar-refractivity contribution >= 4 is 45.6 Å². The van der Waals surface area contributed by atoms with Gasteiger partial charge in [-0.2, -0.15) is 0 Å². The van der Waals surface area contributed by atoms with Gasteiger partial charge in [0.25, 0.3) is 5.91 Å². The van der Waals surface area contributed by atoms with E-state index in [0.717, 1.165) is 16.3 Å². The van der Waals surface area contributed by atoms with Crippen LogP contribution in [0.25, 0.3) is 10.8 Å². The summed E-state index contributed by atoms with van der Waals surface area (Å²) in [6.07, 6.45) is 1.63. The number of carbonyl (C=O) groups is 2. The van der Waals surface area contributed by atoms with Crippen LogP contribution in [0.15, 0.2) is 85.1 Å². The molecule has 12 heteroatoms. The fourth-order valence-corrected chi connectivity index (χ4v) is 5.63. The van der Waals surface area contributed by atoms with Crippen LogP contribution >= 0.6 is 0 Å². The molecule has 1 aromatic heterocycles. The average molecular weight is 692 g/mol. The van der Waals surface area contributed by atoms with Crippen molar-refractivity contribution < 1.29 is 33.6 Å². The predicted molar refractivity (Wildman–Crippen MR) is 197 cm³/mol. The Kier molecular flexibility index (Phi) is 10.3. The van der Waals surface area contributed by atoms with Crippen LogP contribution in [-0.2, 0) is 16.8 Å². The second-order valence-electron chi connectivity index (χ2n) is 13.1. The molecule has 51 heavy (non-hydrogen) atoms. The fraction of sp³-hybridized carbons (Fsp3) is 0.256. The van der Waals surface area contributed by atoms with Gasteiger partial charge in [0.2, 0.25) is 0 Å². The third kappa shape index (κ3) is 8.14. The molecule has 6 rings (SSSR count). The molecule has 0 radical (unpaired) electrons. The van der Waals surface area contributed by atoms with Crippen LogP contribution in [0.1, 0.15) is 42.3 Å². The van der Waals surface area contributed by atoms with Gasteiger partial charge >= 0.3 is 6.03 Å². The quantitative estimate of drug-likeness (QED) is 0.0957. The number of aliphatic hydroxyl groups is 1. The lowest BCUT2D eigenvalue weighted by Gasteiger charge is -2.28. The second-order valence-corrected chi connectivity index (χ2v) is 13.1. The number of anilines is 4. The van der Waals surface area contributed by atoms with E-state index in [2.05, 4.69) is 26.3 Å². The smallest absolute Gasteiger partial charge is 0.323 e. The Bertz CT molecular complexity index is 2050. The maximum Gasteiger partial charge on any atom is 0.323 e. The molecule has 5 N–H and O–H groups in total. The van der Waals surface area contributed by atoms with Crippen molar-refractivity contribution in [2.75, 3.05) is 43.4 Å². The lowest BCUT2D eigenvalue weighted by Crippen LogP contribution is -2.48. The number of rotatable bonds is 11. The zero-order valence-electron chi connectivity index (χ0n) is 29.1. The number of hydrogen-bond acceptors (Lipinski definition) is 9. The molecule has 5 aromatic rings. The Hall–Kier alpha value is -5.85. The zero-order chi connectivity index (χ0) is 36.1. The number of methoxy groups -OCH3 is 2. The second kappa shape index (κ2) is 15.0. The van der Waals surface area contributed by atoms with Crippen LogP contribution < -0.4 is 35.5 Å². The van der Waals surface area contributed by atoms with Gasteiger partial charge in [-0.3, -0.25) is 4.79 Å². The fourth-order valence-electron chi connectivity index (χ4n) is 5.63. The molecule has 0 atom stereocenters. The highest BCUT2D eigenvalue weighted by Crippen LogP contribution is 2.38. The maximum absolute atomic E-state index is 13.6. The largest absolute Gasteiger partial charge is 0.497 e. The van der Waals surface area contributed by atoms with Crippen LogP contribution in [0.3, 0.4) is 0 Å². The Morgan fingerprint density at radius 2 is 1.65 bits per heavy atom. The topological polar surface area (TPSA) is 152 Å². The molecular formula is C39H41N5O7. The van der Waals surface area contributed by atoms with E-state index in [-0.39, 0.29) is 29.7 Å². The van der Waals surface area contributed by atoms with Crippen LogP contribution in [0.4, 0.5) is 27.7 Å². The first-order valence-electron chi connectivity index (χ1n) is 16.4. The van der Waals surface area contributed by atoms with Crippen molar-refractivity contribution in [1.29, 1.82) is 0 Å². The Labute approximate surface area is 296 Å². The minimum absolute atomic E-state index is 0.0717. The van der Waals surface area contributed by atoms with Gasteiger partial charge < -0.3 is 45.3 Å². The first-order valence-corrected chi connectivity index (χ1v) is 16.4. The number of pyridine rings is 1. The monoisotopic (exact) mass is 691 g/mol. The van der Waals surface area contributed by atoms with E-state index >= 15 is 0 Å². The highest BCUT2D eigenvalue weighted by Gasteiger charge is 2.27. The van der Waals surface area contributed by atoms with Crippen molar-refractivity contribution in [3.8, 4) is 23.0 Å². The summed E-state index contributed by atoms with van der Waals surface area (Å²) in [4.78, 5) is 31.2. The summed E-state index contributed by atoms with van der Waals surface area (Å²) >= 11 is 0. The van der Waals surface area contributed by atoms with Gasteiger partial charge in [-0.15, -0.1) is 0 Å². The molecule has 0 saturated carbocycles. The van der Waals surface area contributed by atoms with E-state index < -0.39 is 6.03 Å². The van der Waals surface area contributed by atoms with Gasteiger partial charge in [0.15, 0.2) is 5.75 Å². The molecule has 1 aliphatic rings. The van der Waals surface area contributed by atoms with Crippen LogP contribution in [0, 0.1) is 0 Å². The van der Waals surface area contributed by atoms with E-state index in [1.54, 1.807) is 49.7 Å². The minimum Gasteiger partial charge on any atom is -0.497 e. The number of urea groups is 1. The molecule has 0 aliphatic carbocycles. The number of ether oxygens (including phenoxy) is 4. The third-order valence-electron chi connectivity index (χ3n) is 8.37. The highest BCUT2D eigenvalue weighted by atomic mass is 16.5. The summed E-state index contributed by atoms with van der Waals surface area (Å²) in [5, 5.41) is 23.2. The Balaban J connectivity index is 1.23. The SMILES string of the molecule is COc1cc(CO)cc(Nc2cc(Oc3ccc(NC(=O)Nc4cc(C(C)(C)C)cc(C(=O)NC5COC5)c4OC)c4ccccc34)ccn2)c1. The first kappa shape index (κ1) is 35.0. The molecular weight excluding hydrogens is 650 g/mol. The average Bonchev–Trinajstić information content (AvgIpc) is 3.10. The number of fused-ring (bicyclic) bond motifs is 1. The molecule has 0 bridgehead atoms. The predicted octanol–water partition coefficient (Wildman–Crippen LogP) is 7.35. The Morgan fingerprint density at radius 1 is 0.882 bits per heavy atom. The summed E-state index contributed by atoms with van der Waals surface area (Å²) in [5.41, 5.74) is 3.19. The number of nitrogens with one attached hydrogen (secondary N) is 4. The molecule has 264 valence electrons. The van der Waals surface area contributed by atoms with Crippen molar-refractivity contribution in [1.82, 2.24) is 10.3 Å². The summed E-state index contributed by atoms with van der Waals surface area (Å²) in [6, 6.07) is 23.1. The molecule has 1 aliphatic heterocycles. The van der Waals surface area contributed by atoms with E-state index in [1.807, 2.05) is 63.2 Å². The van der Waals surface area contributed by atoms with Gasteiger partial charge in [-0.1, -0.05) is 45.0 Å². The summed E-state index contributed by atoms with van der Waals surface area (Å²) in [7, 11) is 3.04. The standard InChI is InChI=1S/C39H41N5O7/c1-39(2,3)24-16-31(37(46)42-26-21-50-22-26)36(49-5)33(17-24)44-38(47)43-32-10-11-34(30-9-7-6-8-29(30)32)51-27-12-13-40-35(19-27)41-25-14-23(20-45)15-28(18-25)48-4/h6-19,26,45H,20-22H2,1-5H3,(H,40,41)(H,42,46)(H2,43,44,47). The summed E-state index contributed by atoms with van der Waals surface area (Å²) in [5.74, 6) is 2.21. The molecule has 4 aromatic carbocycles. The molecule has 12 nitrogen and oxygen atoms in total. The molecule has 2 heterocycles. The van der Waals surface area contributed by atoms with E-state index in [0.29, 0.717) is 64.5 Å². The van der Waals surface area contributed by atoms with Gasteiger partial charge in [-0.05, 0) is 59.0 Å². The minimum atomic E-state index is -0.510. The number of amides is 3. The highest BCUT2D eigenvalue weighted by molar-refractivity contribution is 6.09. The Morgan fingerprint density at radius 3 is 2.33 bits per heavy atom. The number of aromatic nitrogens is 1. The van der Waals surface area contributed by atoms with Crippen molar-refractivity contribution in [2.24, 2.45) is 0 Å². The number of carbonyl (C=O) groups excluding carboxylic acids is 2. The van der Waals surface area contributed by atoms with E-state index in [9.17, 15) is 14.7 Å². The molecule has 1 fully saturated rings. The van der Waals surface area contributed by atoms with E-state index in [4.69, 9.17) is 18.9 Å². The number of hydrogen-bond donors (Lipinski definition) is 5. The maximum atomic E-state index is 13.6. The van der Waals surface area contributed by atoms with Gasteiger partial charge in [0.1, 0.15) is 23.1 Å². The molecule has 0 unspecified atom stereocenters. The lowest BCUT2D eigenvalue weighted by molar-refractivity contribution is -0.00350. The van der Waals surface area contributed by atoms with Gasteiger partial charge in [-0.25, -0.2) is 9.78 Å². The molecule has 3 amide bonds. The van der Waals surface area contributed by atoms with Crippen molar-refractivity contribution in [3.63, 3.8) is 0 Å². The zero-order valence-corrected chi connectivity index (χ0v) is 29.1. The third-order valence-corrected chi connectivity index (χ3v) is 8.37. The molecule has 1 saturated heterocycles. The van der Waals surface area contributed by atoms with Gasteiger partial charge in [0.05, 0.1) is 57.0 Å². The first-order chi connectivity index (χ1) is 24.5. The van der Waals surface area contributed by atoms with Crippen LogP contribution in [0.5, 0.6) is 23.0 Å². The number of nitrogens with zero attached hydrogens (tertiary/aromatic N) is 1. The van der Waals surface area contributed by atoms with Crippen LogP contribution in [0.2, 0.25) is 0 Å². The van der Waals surface area contributed by atoms with Gasteiger partial charge in [0, 0.05) is 34.8 Å². The van der Waals surface area contributed by atoms with Crippen molar-refractivity contribution in [3.05, 3.63) is 102 Å². The van der Waals surface area contributed by atoms with Crippen LogP contribution in [-0.4, -0.2) is 55.5 Å². The number of benzene rings is 4. The number of aliphatic hydroxyl groups excluding tert-OH is 1. The lowest BCUT2D eigenvalue weighted by atomic mass is 9.85. The summed E-state index contributed by atoms with van der Waals surface area (Å²) < 4.78 is 22.6.